The summed E-state index contributed by atoms with van der Waals surface area (Å²) in [6, 6.07) is 0. The van der Waals surface area contributed by atoms with Gasteiger partial charge in [-0.25, -0.2) is 0 Å². The molecule has 0 aromatic rings. The second-order valence-corrected chi connectivity index (χ2v) is 1.82. The Morgan fingerprint density at radius 3 is 2.67 bits per heavy atom. The number of halogens is 2. The molecule has 0 radical (unpaired) electrons. The fourth-order valence-electron chi connectivity index (χ4n) is 0.599. The molecule has 1 rings (SSSR count). The summed E-state index contributed by atoms with van der Waals surface area (Å²) in [6.07, 6.45) is 0.632. The first kappa shape index (κ1) is 6.48. The van der Waals surface area contributed by atoms with Crippen LogP contribution in [0.15, 0.2) is 11.8 Å². The van der Waals surface area contributed by atoms with Crippen molar-refractivity contribution < 1.29 is 18.6 Å². The van der Waals surface area contributed by atoms with Crippen LogP contribution in [0.3, 0.4) is 0 Å². The van der Waals surface area contributed by atoms with E-state index in [1.165, 1.54) is 0 Å². The summed E-state index contributed by atoms with van der Waals surface area (Å²) in [7, 11) is 0. The lowest BCUT2D eigenvalue weighted by Gasteiger charge is -2.00. The SMILES string of the molecule is OCC1=CC(F)(F)CO1. The quantitative estimate of drug-likeness (QED) is 0.569. The number of aliphatic hydroxyl groups excluding tert-OH is 1. The van der Waals surface area contributed by atoms with E-state index in [0.717, 1.165) is 0 Å². The van der Waals surface area contributed by atoms with E-state index in [0.29, 0.717) is 6.08 Å². The predicted molar refractivity (Wildman–Crippen MR) is 26.1 cm³/mol. The van der Waals surface area contributed by atoms with Crippen LogP contribution >= 0.6 is 0 Å². The van der Waals surface area contributed by atoms with Gasteiger partial charge in [-0.15, -0.1) is 0 Å². The first-order valence-electron chi connectivity index (χ1n) is 2.47. The molecule has 9 heavy (non-hydrogen) atoms. The summed E-state index contributed by atoms with van der Waals surface area (Å²) in [5.74, 6) is -2.92. The lowest BCUT2D eigenvalue weighted by molar-refractivity contribution is 0.00794. The first-order chi connectivity index (χ1) is 4.14. The molecule has 0 bridgehead atoms. The summed E-state index contributed by atoms with van der Waals surface area (Å²) < 4.78 is 28.5. The molecule has 4 heteroatoms. The van der Waals surface area contributed by atoms with E-state index in [1.807, 2.05) is 0 Å². The Morgan fingerprint density at radius 1 is 1.78 bits per heavy atom. The fourth-order valence-corrected chi connectivity index (χ4v) is 0.599. The van der Waals surface area contributed by atoms with Gasteiger partial charge in [0, 0.05) is 6.08 Å². The Balaban J connectivity index is 2.61. The average Bonchev–Trinajstić information content (AvgIpc) is 2.10. The van der Waals surface area contributed by atoms with Gasteiger partial charge in [-0.3, -0.25) is 0 Å². The lowest BCUT2D eigenvalue weighted by Crippen LogP contribution is -2.12. The molecule has 0 aromatic carbocycles. The molecule has 0 aliphatic carbocycles. The highest BCUT2D eigenvalue weighted by Gasteiger charge is 2.33. The van der Waals surface area contributed by atoms with Crippen LogP contribution in [0.1, 0.15) is 0 Å². The molecular weight excluding hydrogens is 130 g/mol. The van der Waals surface area contributed by atoms with Crippen molar-refractivity contribution in [1.82, 2.24) is 0 Å². The lowest BCUT2D eigenvalue weighted by atomic mass is 10.3. The standard InChI is InChI=1S/C5H6F2O2/c6-5(7)1-4(2-8)9-3-5/h1,8H,2-3H2. The topological polar surface area (TPSA) is 29.5 Å². The summed E-state index contributed by atoms with van der Waals surface area (Å²) in [6.45, 7) is -1.08. The zero-order chi connectivity index (χ0) is 6.91. The van der Waals surface area contributed by atoms with Gasteiger partial charge >= 0.3 is 5.92 Å². The summed E-state index contributed by atoms with van der Waals surface area (Å²) in [5, 5.41) is 8.27. The van der Waals surface area contributed by atoms with Gasteiger partial charge in [0.05, 0.1) is 0 Å². The number of aliphatic hydroxyl groups is 1. The largest absolute Gasteiger partial charge is 0.489 e. The zero-order valence-electron chi connectivity index (χ0n) is 4.60. The van der Waals surface area contributed by atoms with Crippen LogP contribution in [0.5, 0.6) is 0 Å². The van der Waals surface area contributed by atoms with Crippen LogP contribution < -0.4 is 0 Å². The molecule has 0 unspecified atom stereocenters. The maximum Gasteiger partial charge on any atom is 0.303 e. The zero-order valence-corrected chi connectivity index (χ0v) is 4.60. The van der Waals surface area contributed by atoms with Crippen molar-refractivity contribution in [2.24, 2.45) is 0 Å². The number of hydrogen-bond donors (Lipinski definition) is 1. The van der Waals surface area contributed by atoms with Gasteiger partial charge in [0.15, 0.2) is 6.61 Å². The smallest absolute Gasteiger partial charge is 0.303 e. The van der Waals surface area contributed by atoms with Crippen molar-refractivity contribution in [3.8, 4) is 0 Å². The minimum absolute atomic E-state index is 0.0417. The molecule has 1 aliphatic heterocycles. The van der Waals surface area contributed by atoms with Crippen LogP contribution in [0, 0.1) is 0 Å². The summed E-state index contributed by atoms with van der Waals surface area (Å²) in [4.78, 5) is 0. The number of rotatable bonds is 1. The van der Waals surface area contributed by atoms with E-state index in [-0.39, 0.29) is 5.76 Å². The highest BCUT2D eigenvalue weighted by molar-refractivity contribution is 5.07. The Bertz CT molecular complexity index is 142. The molecule has 0 aromatic heterocycles. The van der Waals surface area contributed by atoms with E-state index >= 15 is 0 Å². The average molecular weight is 136 g/mol. The molecule has 0 atom stereocenters. The Kier molecular flexibility index (Phi) is 1.40. The second kappa shape index (κ2) is 1.95. The van der Waals surface area contributed by atoms with E-state index in [9.17, 15) is 8.78 Å². The normalized spacial score (nSPS) is 23.2. The minimum Gasteiger partial charge on any atom is -0.489 e. The number of hydrogen-bond acceptors (Lipinski definition) is 2. The van der Waals surface area contributed by atoms with E-state index < -0.39 is 19.1 Å². The van der Waals surface area contributed by atoms with Gasteiger partial charge in [-0.1, -0.05) is 0 Å². The van der Waals surface area contributed by atoms with Crippen LogP contribution in [0.25, 0.3) is 0 Å². The third-order valence-corrected chi connectivity index (χ3v) is 0.978. The summed E-state index contributed by atoms with van der Waals surface area (Å²) >= 11 is 0. The van der Waals surface area contributed by atoms with Crippen molar-refractivity contribution in [1.29, 1.82) is 0 Å². The maximum absolute atomic E-state index is 12.1. The van der Waals surface area contributed by atoms with Crippen molar-refractivity contribution in [2.75, 3.05) is 13.2 Å². The highest BCUT2D eigenvalue weighted by Crippen LogP contribution is 2.24. The molecular formula is C5H6F2O2. The van der Waals surface area contributed by atoms with Crippen LogP contribution in [0.2, 0.25) is 0 Å². The van der Waals surface area contributed by atoms with Gasteiger partial charge < -0.3 is 9.84 Å². The van der Waals surface area contributed by atoms with E-state index in [1.54, 1.807) is 0 Å². The maximum atomic E-state index is 12.1. The molecule has 1 heterocycles. The first-order valence-corrected chi connectivity index (χ1v) is 2.47. The molecule has 1 N–H and O–H groups in total. The van der Waals surface area contributed by atoms with Crippen molar-refractivity contribution in [2.45, 2.75) is 5.92 Å². The molecule has 0 spiro atoms. The molecule has 0 saturated heterocycles. The molecule has 52 valence electrons. The van der Waals surface area contributed by atoms with Crippen molar-refractivity contribution in [3.63, 3.8) is 0 Å². The Morgan fingerprint density at radius 2 is 2.44 bits per heavy atom. The monoisotopic (exact) mass is 136 g/mol. The molecule has 0 saturated carbocycles. The van der Waals surface area contributed by atoms with Gasteiger partial charge in [-0.2, -0.15) is 8.78 Å². The van der Waals surface area contributed by atoms with Crippen LogP contribution in [0.4, 0.5) is 8.78 Å². The van der Waals surface area contributed by atoms with E-state index in [4.69, 9.17) is 5.11 Å². The van der Waals surface area contributed by atoms with Gasteiger partial charge in [0.25, 0.3) is 0 Å². The van der Waals surface area contributed by atoms with Gasteiger partial charge in [0.2, 0.25) is 0 Å². The Hall–Kier alpha value is -0.640. The third kappa shape index (κ3) is 1.38. The molecule has 0 fully saturated rings. The molecule has 2 nitrogen and oxygen atoms in total. The van der Waals surface area contributed by atoms with Gasteiger partial charge in [-0.05, 0) is 0 Å². The summed E-state index contributed by atoms with van der Waals surface area (Å²) in [5.41, 5.74) is 0. The molecule has 0 amide bonds. The van der Waals surface area contributed by atoms with E-state index in [2.05, 4.69) is 4.74 Å². The minimum atomic E-state index is -2.88. The number of ether oxygens (including phenoxy) is 1. The highest BCUT2D eigenvalue weighted by atomic mass is 19.3. The molecule has 1 aliphatic rings. The van der Waals surface area contributed by atoms with Crippen LogP contribution in [-0.4, -0.2) is 24.2 Å². The van der Waals surface area contributed by atoms with Crippen molar-refractivity contribution >= 4 is 0 Å². The van der Waals surface area contributed by atoms with Crippen LogP contribution in [-0.2, 0) is 4.74 Å². The fraction of sp³-hybridized carbons (Fsp3) is 0.600. The third-order valence-electron chi connectivity index (χ3n) is 0.978. The number of alkyl halides is 2. The van der Waals surface area contributed by atoms with Gasteiger partial charge in [0.1, 0.15) is 12.4 Å². The second-order valence-electron chi connectivity index (χ2n) is 1.82. The van der Waals surface area contributed by atoms with Crippen molar-refractivity contribution in [3.05, 3.63) is 11.8 Å². The Labute approximate surface area is 50.7 Å². The predicted octanol–water partition coefficient (Wildman–Crippen LogP) is 0.528.